The van der Waals surface area contributed by atoms with E-state index < -0.39 is 5.60 Å². The summed E-state index contributed by atoms with van der Waals surface area (Å²) in [5, 5.41) is 0. The predicted octanol–water partition coefficient (Wildman–Crippen LogP) is 4.35. The smallest absolute Gasteiger partial charge is 0.339 e. The van der Waals surface area contributed by atoms with Crippen LogP contribution in [0.25, 0.3) is 0 Å². The zero-order chi connectivity index (χ0) is 16.2. The van der Waals surface area contributed by atoms with Gasteiger partial charge >= 0.3 is 5.97 Å². The lowest BCUT2D eigenvalue weighted by Crippen LogP contribution is -2.24. The summed E-state index contributed by atoms with van der Waals surface area (Å²) in [4.78, 5) is 12.3. The van der Waals surface area contributed by atoms with Gasteiger partial charge in [0.05, 0.1) is 5.56 Å². The van der Waals surface area contributed by atoms with Crippen LogP contribution >= 0.6 is 0 Å². The number of rotatable bonds is 1. The molecule has 0 aromatic heterocycles. The zero-order valence-corrected chi connectivity index (χ0v) is 13.4. The molecular formula is C20H20O2. The van der Waals surface area contributed by atoms with E-state index in [1.807, 2.05) is 70.2 Å². The quantitative estimate of drug-likeness (QED) is 0.577. The first-order chi connectivity index (χ1) is 10.3. The Kier molecular flexibility index (Phi) is 4.68. The summed E-state index contributed by atoms with van der Waals surface area (Å²) < 4.78 is 5.43. The van der Waals surface area contributed by atoms with E-state index in [0.29, 0.717) is 11.1 Å². The van der Waals surface area contributed by atoms with Crippen LogP contribution in [0.15, 0.2) is 48.5 Å². The first kappa shape index (κ1) is 15.9. The van der Waals surface area contributed by atoms with Gasteiger partial charge in [-0.25, -0.2) is 4.79 Å². The van der Waals surface area contributed by atoms with Crippen LogP contribution < -0.4 is 0 Å². The van der Waals surface area contributed by atoms with E-state index in [1.54, 1.807) is 6.07 Å². The van der Waals surface area contributed by atoms with Gasteiger partial charge in [0.25, 0.3) is 0 Å². The highest BCUT2D eigenvalue weighted by atomic mass is 16.6. The van der Waals surface area contributed by atoms with Crippen LogP contribution in [0.3, 0.4) is 0 Å². The van der Waals surface area contributed by atoms with Crippen LogP contribution in [0.5, 0.6) is 0 Å². The summed E-state index contributed by atoms with van der Waals surface area (Å²) in [6.45, 7) is 7.59. The summed E-state index contributed by atoms with van der Waals surface area (Å²) in [7, 11) is 0. The second-order valence-corrected chi connectivity index (χ2v) is 6.17. The van der Waals surface area contributed by atoms with E-state index >= 15 is 0 Å². The van der Waals surface area contributed by atoms with Gasteiger partial charge in [-0.2, -0.15) is 0 Å². The highest BCUT2D eigenvalue weighted by Crippen LogP contribution is 2.15. The lowest BCUT2D eigenvalue weighted by atomic mass is 10.1. The first-order valence-electron chi connectivity index (χ1n) is 7.26. The predicted molar refractivity (Wildman–Crippen MR) is 88.8 cm³/mol. The molecule has 112 valence electrons. The van der Waals surface area contributed by atoms with Gasteiger partial charge in [0.15, 0.2) is 0 Å². The van der Waals surface area contributed by atoms with Crippen molar-refractivity contribution in [1.29, 1.82) is 0 Å². The number of aryl methyl sites for hydroxylation is 1. The monoisotopic (exact) mass is 292 g/mol. The number of esters is 1. The molecule has 0 amide bonds. The first-order valence-corrected chi connectivity index (χ1v) is 7.26. The Balaban J connectivity index is 2.32. The van der Waals surface area contributed by atoms with E-state index in [2.05, 4.69) is 11.8 Å². The molecule has 2 nitrogen and oxygen atoms in total. The Hall–Kier alpha value is -2.53. The Labute approximate surface area is 132 Å². The van der Waals surface area contributed by atoms with Crippen molar-refractivity contribution in [3.8, 4) is 11.8 Å². The summed E-state index contributed by atoms with van der Waals surface area (Å²) in [6, 6.07) is 15.2. The number of carbonyl (C=O) groups excluding carboxylic acids is 1. The van der Waals surface area contributed by atoms with Gasteiger partial charge in [0, 0.05) is 11.1 Å². The molecule has 0 aliphatic carbocycles. The SMILES string of the molecule is Cc1cccc(C#Cc2ccccc2C(=O)OC(C)(C)C)c1. The van der Waals surface area contributed by atoms with Crippen molar-refractivity contribution in [1.82, 2.24) is 0 Å². The molecule has 0 bridgehead atoms. The summed E-state index contributed by atoms with van der Waals surface area (Å²) in [5.74, 6) is 5.83. The lowest BCUT2D eigenvalue weighted by molar-refractivity contribution is 0.00693. The largest absolute Gasteiger partial charge is 0.456 e. The fourth-order valence-corrected chi connectivity index (χ4v) is 1.97. The number of hydrogen-bond donors (Lipinski definition) is 0. The molecule has 0 fully saturated rings. The number of ether oxygens (including phenoxy) is 1. The molecule has 0 N–H and O–H groups in total. The normalized spacial score (nSPS) is 10.5. The standard InChI is InChI=1S/C20H20O2/c1-15-8-7-9-16(14-15)12-13-17-10-5-6-11-18(17)19(21)22-20(2,3)4/h5-11,14H,1-4H3. The Morgan fingerprint density at radius 3 is 2.41 bits per heavy atom. The molecule has 0 saturated heterocycles. The van der Waals surface area contributed by atoms with Crippen LogP contribution in [-0.4, -0.2) is 11.6 Å². The fraction of sp³-hybridized carbons (Fsp3) is 0.250. The molecule has 0 aliphatic rings. The molecule has 0 radical (unpaired) electrons. The molecule has 2 rings (SSSR count). The van der Waals surface area contributed by atoms with Crippen molar-refractivity contribution >= 4 is 5.97 Å². The molecule has 22 heavy (non-hydrogen) atoms. The summed E-state index contributed by atoms with van der Waals surface area (Å²) in [6.07, 6.45) is 0. The van der Waals surface area contributed by atoms with Crippen LogP contribution in [0, 0.1) is 18.8 Å². The highest BCUT2D eigenvalue weighted by Gasteiger charge is 2.19. The number of carbonyl (C=O) groups is 1. The van der Waals surface area contributed by atoms with Gasteiger partial charge in [0.2, 0.25) is 0 Å². The molecule has 0 aliphatic heterocycles. The van der Waals surface area contributed by atoms with E-state index in [4.69, 9.17) is 4.74 Å². The van der Waals surface area contributed by atoms with Gasteiger partial charge in [-0.05, 0) is 57.5 Å². The third kappa shape index (κ3) is 4.49. The molecule has 2 heteroatoms. The number of hydrogen-bond acceptors (Lipinski definition) is 2. The van der Waals surface area contributed by atoms with E-state index in [9.17, 15) is 4.79 Å². The highest BCUT2D eigenvalue weighted by molar-refractivity contribution is 5.92. The Morgan fingerprint density at radius 1 is 1.00 bits per heavy atom. The Bertz CT molecular complexity index is 740. The second-order valence-electron chi connectivity index (χ2n) is 6.17. The van der Waals surface area contributed by atoms with Gasteiger partial charge < -0.3 is 4.74 Å². The minimum Gasteiger partial charge on any atom is -0.456 e. The van der Waals surface area contributed by atoms with Crippen molar-refractivity contribution in [2.75, 3.05) is 0 Å². The van der Waals surface area contributed by atoms with Crippen LogP contribution in [-0.2, 0) is 4.74 Å². The fourth-order valence-electron chi connectivity index (χ4n) is 1.97. The van der Waals surface area contributed by atoms with Crippen LogP contribution in [0.1, 0.15) is 47.8 Å². The summed E-state index contributed by atoms with van der Waals surface area (Å²) >= 11 is 0. The topological polar surface area (TPSA) is 26.3 Å². The molecule has 0 atom stereocenters. The average molecular weight is 292 g/mol. The molecule has 0 heterocycles. The minimum atomic E-state index is -0.520. The van der Waals surface area contributed by atoms with Crippen molar-refractivity contribution in [3.63, 3.8) is 0 Å². The van der Waals surface area contributed by atoms with Gasteiger partial charge in [-0.1, -0.05) is 36.1 Å². The van der Waals surface area contributed by atoms with Crippen molar-refractivity contribution in [2.24, 2.45) is 0 Å². The van der Waals surface area contributed by atoms with E-state index in [-0.39, 0.29) is 5.97 Å². The van der Waals surface area contributed by atoms with Crippen molar-refractivity contribution in [3.05, 3.63) is 70.8 Å². The van der Waals surface area contributed by atoms with Gasteiger partial charge in [0.1, 0.15) is 5.60 Å². The third-order valence-electron chi connectivity index (χ3n) is 2.91. The average Bonchev–Trinajstić information content (AvgIpc) is 2.44. The maximum atomic E-state index is 12.3. The lowest BCUT2D eigenvalue weighted by Gasteiger charge is -2.19. The molecule has 0 unspecified atom stereocenters. The second kappa shape index (κ2) is 6.49. The van der Waals surface area contributed by atoms with Crippen molar-refractivity contribution in [2.45, 2.75) is 33.3 Å². The van der Waals surface area contributed by atoms with Crippen LogP contribution in [0.2, 0.25) is 0 Å². The zero-order valence-electron chi connectivity index (χ0n) is 13.4. The molecule has 0 saturated carbocycles. The van der Waals surface area contributed by atoms with E-state index in [1.165, 1.54) is 0 Å². The van der Waals surface area contributed by atoms with Crippen molar-refractivity contribution < 1.29 is 9.53 Å². The van der Waals surface area contributed by atoms with E-state index in [0.717, 1.165) is 11.1 Å². The van der Waals surface area contributed by atoms with Gasteiger partial charge in [-0.15, -0.1) is 0 Å². The third-order valence-corrected chi connectivity index (χ3v) is 2.91. The molecule has 0 spiro atoms. The summed E-state index contributed by atoms with van der Waals surface area (Å²) in [5.41, 5.74) is 2.75. The molecule has 2 aromatic carbocycles. The molecular weight excluding hydrogens is 272 g/mol. The maximum Gasteiger partial charge on any atom is 0.339 e. The van der Waals surface area contributed by atoms with Gasteiger partial charge in [-0.3, -0.25) is 0 Å². The number of benzene rings is 2. The Morgan fingerprint density at radius 2 is 1.73 bits per heavy atom. The molecule has 2 aromatic rings. The minimum absolute atomic E-state index is 0.346. The van der Waals surface area contributed by atoms with Crippen LogP contribution in [0.4, 0.5) is 0 Å². The maximum absolute atomic E-state index is 12.3.